The number of carbonyl (C=O) groups is 2. The SMILES string of the molecule is Cc1noc(C)c1COc1ccc(C(=O)OCC(=O)Nc2cc([N+](=O)[O-])ccc2Cl)cc1. The Labute approximate surface area is 187 Å². The predicted octanol–water partition coefficient (Wildman–Crippen LogP) is 4.23. The van der Waals surface area contributed by atoms with Crippen molar-refractivity contribution in [2.75, 3.05) is 11.9 Å². The van der Waals surface area contributed by atoms with Crippen molar-refractivity contribution in [1.82, 2.24) is 5.16 Å². The Morgan fingerprint density at radius 2 is 1.91 bits per heavy atom. The van der Waals surface area contributed by atoms with Gasteiger partial charge in [-0.2, -0.15) is 0 Å². The molecule has 0 atom stereocenters. The molecule has 0 aliphatic heterocycles. The molecule has 3 aromatic rings. The monoisotopic (exact) mass is 459 g/mol. The molecule has 0 fully saturated rings. The van der Waals surface area contributed by atoms with Gasteiger partial charge in [0.15, 0.2) is 6.61 Å². The summed E-state index contributed by atoms with van der Waals surface area (Å²) in [6.07, 6.45) is 0. The third-order valence-corrected chi connectivity index (χ3v) is 4.75. The number of benzene rings is 2. The molecule has 3 rings (SSSR count). The molecule has 0 radical (unpaired) electrons. The van der Waals surface area contributed by atoms with Crippen LogP contribution in [-0.4, -0.2) is 28.6 Å². The largest absolute Gasteiger partial charge is 0.489 e. The van der Waals surface area contributed by atoms with Crippen molar-refractivity contribution in [3.8, 4) is 5.75 Å². The van der Waals surface area contributed by atoms with Gasteiger partial charge in [0.05, 0.1) is 32.5 Å². The molecule has 0 unspecified atom stereocenters. The molecule has 0 aliphatic carbocycles. The second-order valence-electron chi connectivity index (χ2n) is 6.66. The van der Waals surface area contributed by atoms with E-state index in [2.05, 4.69) is 10.5 Å². The molecule has 1 heterocycles. The van der Waals surface area contributed by atoms with E-state index in [-0.39, 0.29) is 28.6 Å². The normalized spacial score (nSPS) is 10.5. The first kappa shape index (κ1) is 22.8. The summed E-state index contributed by atoms with van der Waals surface area (Å²) in [6, 6.07) is 9.80. The predicted molar refractivity (Wildman–Crippen MR) is 114 cm³/mol. The van der Waals surface area contributed by atoms with Crippen molar-refractivity contribution < 1.29 is 28.5 Å². The highest BCUT2D eigenvalue weighted by Gasteiger charge is 2.15. The van der Waals surface area contributed by atoms with Crippen molar-refractivity contribution in [3.05, 3.63) is 80.2 Å². The number of rotatable bonds is 8. The lowest BCUT2D eigenvalue weighted by Gasteiger charge is -2.09. The van der Waals surface area contributed by atoms with Gasteiger partial charge in [-0.15, -0.1) is 0 Å². The van der Waals surface area contributed by atoms with Crippen LogP contribution >= 0.6 is 11.6 Å². The summed E-state index contributed by atoms with van der Waals surface area (Å²) in [7, 11) is 0. The third kappa shape index (κ3) is 5.61. The fourth-order valence-electron chi connectivity index (χ4n) is 2.67. The maximum Gasteiger partial charge on any atom is 0.338 e. The number of halogens is 1. The first-order valence-electron chi connectivity index (χ1n) is 9.30. The van der Waals surface area contributed by atoms with Gasteiger partial charge in [0.25, 0.3) is 11.6 Å². The Morgan fingerprint density at radius 3 is 2.53 bits per heavy atom. The van der Waals surface area contributed by atoms with Gasteiger partial charge >= 0.3 is 5.97 Å². The minimum atomic E-state index is -0.720. The van der Waals surface area contributed by atoms with Crippen molar-refractivity contribution in [3.63, 3.8) is 0 Å². The van der Waals surface area contributed by atoms with Crippen LogP contribution in [0.15, 0.2) is 47.0 Å². The van der Waals surface area contributed by atoms with Crippen LogP contribution in [0.2, 0.25) is 5.02 Å². The van der Waals surface area contributed by atoms with E-state index in [9.17, 15) is 19.7 Å². The summed E-state index contributed by atoms with van der Waals surface area (Å²) in [5, 5.41) is 17.2. The van der Waals surface area contributed by atoms with Gasteiger partial charge in [-0.25, -0.2) is 4.79 Å². The molecule has 0 spiro atoms. The first-order chi connectivity index (χ1) is 15.2. The molecular formula is C21H18ClN3O7. The van der Waals surface area contributed by atoms with Gasteiger partial charge in [0.1, 0.15) is 18.1 Å². The number of esters is 1. The number of aromatic nitrogens is 1. The first-order valence-corrected chi connectivity index (χ1v) is 9.68. The summed E-state index contributed by atoms with van der Waals surface area (Å²) in [5.41, 5.74) is 1.62. The highest BCUT2D eigenvalue weighted by atomic mass is 35.5. The summed E-state index contributed by atoms with van der Waals surface area (Å²) >= 11 is 5.93. The number of hydrogen-bond acceptors (Lipinski definition) is 8. The van der Waals surface area contributed by atoms with Crippen LogP contribution in [0, 0.1) is 24.0 Å². The fourth-order valence-corrected chi connectivity index (χ4v) is 2.84. The van der Waals surface area contributed by atoms with Gasteiger partial charge in [-0.05, 0) is 44.2 Å². The standard InChI is InChI=1S/C21H18ClN3O7/c1-12-17(13(2)32-24-12)10-30-16-6-3-14(4-7-16)21(27)31-11-20(26)23-19-9-15(25(28)29)5-8-18(19)22/h3-9H,10-11H2,1-2H3,(H,23,26). The molecule has 2 aromatic carbocycles. The van der Waals surface area contributed by atoms with Crippen molar-refractivity contribution in [1.29, 1.82) is 0 Å². The number of nitro groups is 1. The highest BCUT2D eigenvalue weighted by molar-refractivity contribution is 6.33. The van der Waals surface area contributed by atoms with E-state index >= 15 is 0 Å². The fraction of sp³-hybridized carbons (Fsp3) is 0.190. The summed E-state index contributed by atoms with van der Waals surface area (Å²) in [4.78, 5) is 34.4. The lowest BCUT2D eigenvalue weighted by atomic mass is 10.2. The molecule has 1 aromatic heterocycles. The summed E-state index contributed by atoms with van der Waals surface area (Å²) in [6.45, 7) is 3.28. The number of hydrogen-bond donors (Lipinski definition) is 1. The number of anilines is 1. The zero-order valence-corrected chi connectivity index (χ0v) is 17.8. The smallest absolute Gasteiger partial charge is 0.338 e. The number of carbonyl (C=O) groups excluding carboxylic acids is 2. The molecule has 166 valence electrons. The van der Waals surface area contributed by atoms with Gasteiger partial charge in [-0.1, -0.05) is 16.8 Å². The van der Waals surface area contributed by atoms with Gasteiger partial charge in [0, 0.05) is 12.1 Å². The van der Waals surface area contributed by atoms with Crippen LogP contribution in [0.5, 0.6) is 5.75 Å². The molecule has 1 N–H and O–H groups in total. The van der Waals surface area contributed by atoms with Crippen LogP contribution in [-0.2, 0) is 16.1 Å². The van der Waals surface area contributed by atoms with Crippen LogP contribution in [0.4, 0.5) is 11.4 Å². The average Bonchev–Trinajstić information content (AvgIpc) is 3.09. The number of aryl methyl sites for hydroxylation is 2. The quantitative estimate of drug-likeness (QED) is 0.300. The Kier molecular flexibility index (Phi) is 7.06. The zero-order chi connectivity index (χ0) is 23.3. The van der Waals surface area contributed by atoms with E-state index in [0.717, 1.165) is 17.3 Å². The Hall–Kier alpha value is -3.92. The number of nitrogens with one attached hydrogen (secondary N) is 1. The number of nitro benzene ring substituents is 1. The van der Waals surface area contributed by atoms with E-state index in [4.69, 9.17) is 25.6 Å². The number of non-ortho nitro benzene ring substituents is 1. The van der Waals surface area contributed by atoms with E-state index in [1.165, 1.54) is 24.3 Å². The Bertz CT molecular complexity index is 1140. The second kappa shape index (κ2) is 9.92. The van der Waals surface area contributed by atoms with Crippen LogP contribution < -0.4 is 10.1 Å². The van der Waals surface area contributed by atoms with E-state index in [0.29, 0.717) is 11.5 Å². The number of nitrogens with zero attached hydrogens (tertiary/aromatic N) is 2. The molecule has 1 amide bonds. The van der Waals surface area contributed by atoms with E-state index in [1.54, 1.807) is 19.1 Å². The van der Waals surface area contributed by atoms with Gasteiger partial charge < -0.3 is 19.3 Å². The maximum absolute atomic E-state index is 12.2. The molecule has 0 bridgehead atoms. The molecular weight excluding hydrogens is 442 g/mol. The minimum Gasteiger partial charge on any atom is -0.489 e. The number of amides is 1. The lowest BCUT2D eigenvalue weighted by Crippen LogP contribution is -2.21. The van der Waals surface area contributed by atoms with Crippen LogP contribution in [0.1, 0.15) is 27.4 Å². The second-order valence-corrected chi connectivity index (χ2v) is 7.07. The van der Waals surface area contributed by atoms with Crippen LogP contribution in [0.3, 0.4) is 0 Å². The molecule has 11 heteroatoms. The molecule has 0 saturated heterocycles. The third-order valence-electron chi connectivity index (χ3n) is 4.42. The molecule has 0 aliphatic rings. The molecule has 10 nitrogen and oxygen atoms in total. The van der Waals surface area contributed by atoms with E-state index < -0.39 is 23.4 Å². The maximum atomic E-state index is 12.2. The molecule has 32 heavy (non-hydrogen) atoms. The zero-order valence-electron chi connectivity index (χ0n) is 17.1. The highest BCUT2D eigenvalue weighted by Crippen LogP contribution is 2.26. The Morgan fingerprint density at radius 1 is 1.19 bits per heavy atom. The van der Waals surface area contributed by atoms with E-state index in [1.807, 2.05) is 6.92 Å². The van der Waals surface area contributed by atoms with Crippen molar-refractivity contribution in [2.24, 2.45) is 0 Å². The summed E-state index contributed by atoms with van der Waals surface area (Å²) < 4.78 is 15.7. The minimum absolute atomic E-state index is 0.0433. The Balaban J connectivity index is 1.52. The topological polar surface area (TPSA) is 134 Å². The lowest BCUT2D eigenvalue weighted by molar-refractivity contribution is -0.384. The van der Waals surface area contributed by atoms with Gasteiger partial charge in [-0.3, -0.25) is 14.9 Å². The average molecular weight is 460 g/mol. The molecule has 0 saturated carbocycles. The van der Waals surface area contributed by atoms with Crippen LogP contribution in [0.25, 0.3) is 0 Å². The van der Waals surface area contributed by atoms with Gasteiger partial charge in [0.2, 0.25) is 0 Å². The van der Waals surface area contributed by atoms with Crippen molar-refractivity contribution in [2.45, 2.75) is 20.5 Å². The number of ether oxygens (including phenoxy) is 2. The summed E-state index contributed by atoms with van der Waals surface area (Å²) in [5.74, 6) is -0.213. The van der Waals surface area contributed by atoms with Crippen molar-refractivity contribution >= 4 is 34.9 Å².